The van der Waals surface area contributed by atoms with E-state index in [1.54, 1.807) is 12.1 Å². The smallest absolute Gasteiger partial charge is 0.266 e. The maximum absolute atomic E-state index is 12.6. The first-order valence-corrected chi connectivity index (χ1v) is 10.5. The Labute approximate surface area is 186 Å². The van der Waals surface area contributed by atoms with Gasteiger partial charge < -0.3 is 19.7 Å². The highest BCUT2D eigenvalue weighted by Gasteiger charge is 2.14. The molecule has 0 radical (unpaired) electrons. The summed E-state index contributed by atoms with van der Waals surface area (Å²) in [4.78, 5) is 14.8. The van der Waals surface area contributed by atoms with Gasteiger partial charge in [0.1, 0.15) is 11.6 Å². The van der Waals surface area contributed by atoms with E-state index in [-0.39, 0.29) is 5.57 Å². The fourth-order valence-corrected chi connectivity index (χ4v) is 3.54. The van der Waals surface area contributed by atoms with Crippen LogP contribution in [0.3, 0.4) is 0 Å². The summed E-state index contributed by atoms with van der Waals surface area (Å²) < 4.78 is 11.6. The van der Waals surface area contributed by atoms with Crippen LogP contribution in [0, 0.1) is 11.3 Å². The molecule has 2 rings (SSSR count). The van der Waals surface area contributed by atoms with E-state index in [2.05, 4.69) is 40.0 Å². The van der Waals surface area contributed by atoms with Crippen LogP contribution in [0.4, 0.5) is 11.4 Å². The number of carbonyl (C=O) groups is 1. The molecule has 0 bridgehead atoms. The Balaban J connectivity index is 2.23. The van der Waals surface area contributed by atoms with E-state index in [1.165, 1.54) is 13.2 Å². The molecule has 0 fully saturated rings. The zero-order chi connectivity index (χ0) is 22.1. The third kappa shape index (κ3) is 5.77. The van der Waals surface area contributed by atoms with E-state index < -0.39 is 5.91 Å². The van der Waals surface area contributed by atoms with E-state index in [0.717, 1.165) is 18.8 Å². The predicted octanol–water partition coefficient (Wildman–Crippen LogP) is 5.25. The van der Waals surface area contributed by atoms with Gasteiger partial charge in [-0.3, -0.25) is 4.79 Å². The van der Waals surface area contributed by atoms with Crippen molar-refractivity contribution in [3.05, 3.63) is 52.0 Å². The van der Waals surface area contributed by atoms with Gasteiger partial charge in [0.05, 0.1) is 18.2 Å². The number of benzene rings is 2. The van der Waals surface area contributed by atoms with Gasteiger partial charge in [0.2, 0.25) is 0 Å². The molecule has 1 N–H and O–H groups in total. The second-order valence-corrected chi connectivity index (χ2v) is 7.16. The van der Waals surface area contributed by atoms with Crippen LogP contribution in [0.25, 0.3) is 6.08 Å². The summed E-state index contributed by atoms with van der Waals surface area (Å²) in [5.41, 5.74) is 2.34. The Bertz CT molecular complexity index is 945. The second kappa shape index (κ2) is 11.3. The number of nitrogens with one attached hydrogen (secondary N) is 1. The number of carbonyl (C=O) groups excluding carboxylic acids is 1. The first kappa shape index (κ1) is 23.3. The summed E-state index contributed by atoms with van der Waals surface area (Å²) in [6, 6.07) is 13.0. The molecule has 0 atom stereocenters. The van der Waals surface area contributed by atoms with Gasteiger partial charge in [-0.1, -0.05) is 0 Å². The summed E-state index contributed by atoms with van der Waals surface area (Å²) in [6.45, 7) is 8.37. The maximum Gasteiger partial charge on any atom is 0.266 e. The fourth-order valence-electron chi connectivity index (χ4n) is 2.97. The van der Waals surface area contributed by atoms with E-state index in [0.29, 0.717) is 33.8 Å². The number of nitriles is 1. The molecular formula is C23H26BrN3O3. The van der Waals surface area contributed by atoms with E-state index in [1.807, 2.05) is 37.3 Å². The van der Waals surface area contributed by atoms with Gasteiger partial charge >= 0.3 is 0 Å². The number of anilines is 2. The first-order chi connectivity index (χ1) is 14.5. The van der Waals surface area contributed by atoms with E-state index in [4.69, 9.17) is 9.47 Å². The molecule has 0 saturated carbocycles. The van der Waals surface area contributed by atoms with Crippen LogP contribution < -0.4 is 19.7 Å². The molecule has 2 aromatic carbocycles. The number of halogens is 1. The minimum atomic E-state index is -0.475. The molecule has 0 aromatic heterocycles. The molecule has 0 aliphatic heterocycles. The fraction of sp³-hybridized carbons (Fsp3) is 0.304. The number of amides is 1. The van der Waals surface area contributed by atoms with Crippen LogP contribution in [0.1, 0.15) is 26.3 Å². The topological polar surface area (TPSA) is 74.6 Å². The van der Waals surface area contributed by atoms with Crippen LogP contribution in [0.15, 0.2) is 46.4 Å². The van der Waals surface area contributed by atoms with Gasteiger partial charge in [0.15, 0.2) is 11.5 Å². The molecule has 0 aliphatic rings. The quantitative estimate of drug-likeness (QED) is 0.399. The summed E-state index contributed by atoms with van der Waals surface area (Å²) in [7, 11) is 1.54. The third-order valence-electron chi connectivity index (χ3n) is 4.47. The summed E-state index contributed by atoms with van der Waals surface area (Å²) in [5.74, 6) is 0.618. The average Bonchev–Trinajstić information content (AvgIpc) is 2.75. The molecule has 0 spiro atoms. The molecule has 0 saturated heterocycles. The minimum absolute atomic E-state index is 0.0130. The van der Waals surface area contributed by atoms with Crippen molar-refractivity contribution in [1.82, 2.24) is 0 Å². The van der Waals surface area contributed by atoms with Gasteiger partial charge in [-0.2, -0.15) is 5.26 Å². The number of hydrogen-bond donors (Lipinski definition) is 1. The van der Waals surface area contributed by atoms with Crippen LogP contribution in [0.5, 0.6) is 11.5 Å². The Morgan fingerprint density at radius 3 is 2.40 bits per heavy atom. The predicted molar refractivity (Wildman–Crippen MR) is 124 cm³/mol. The zero-order valence-electron chi connectivity index (χ0n) is 17.7. The normalized spacial score (nSPS) is 10.9. The Morgan fingerprint density at radius 1 is 1.20 bits per heavy atom. The minimum Gasteiger partial charge on any atom is -0.493 e. The van der Waals surface area contributed by atoms with Gasteiger partial charge in [-0.25, -0.2) is 0 Å². The van der Waals surface area contributed by atoms with E-state index in [9.17, 15) is 10.1 Å². The van der Waals surface area contributed by atoms with Crippen molar-refractivity contribution in [2.45, 2.75) is 20.8 Å². The summed E-state index contributed by atoms with van der Waals surface area (Å²) >= 11 is 3.45. The van der Waals surface area contributed by atoms with Crippen molar-refractivity contribution in [2.24, 2.45) is 0 Å². The summed E-state index contributed by atoms with van der Waals surface area (Å²) in [6.07, 6.45) is 1.52. The average molecular weight is 472 g/mol. The molecule has 158 valence electrons. The number of ether oxygens (including phenoxy) is 2. The molecule has 1 amide bonds. The number of hydrogen-bond acceptors (Lipinski definition) is 5. The molecule has 2 aromatic rings. The highest BCUT2D eigenvalue weighted by molar-refractivity contribution is 9.10. The Hall–Kier alpha value is -2.98. The highest BCUT2D eigenvalue weighted by Crippen LogP contribution is 2.37. The number of rotatable bonds is 9. The number of methoxy groups -OCH3 is 1. The van der Waals surface area contributed by atoms with Gasteiger partial charge in [0, 0.05) is 24.5 Å². The molecule has 7 heteroatoms. The lowest BCUT2D eigenvalue weighted by Gasteiger charge is -2.21. The number of nitrogens with zero attached hydrogens (tertiary/aromatic N) is 2. The SMILES string of the molecule is CCOc1c(Br)cc(/C=C(/C#N)C(=O)Nc2ccc(N(CC)CC)cc2)cc1OC. The first-order valence-electron chi connectivity index (χ1n) is 9.75. The van der Waals surface area contributed by atoms with Crippen molar-refractivity contribution in [2.75, 3.05) is 37.0 Å². The Kier molecular flexibility index (Phi) is 8.75. The highest BCUT2D eigenvalue weighted by atomic mass is 79.9. The van der Waals surface area contributed by atoms with Crippen LogP contribution in [0.2, 0.25) is 0 Å². The van der Waals surface area contributed by atoms with E-state index >= 15 is 0 Å². The van der Waals surface area contributed by atoms with Crippen molar-refractivity contribution >= 4 is 39.3 Å². The lowest BCUT2D eigenvalue weighted by atomic mass is 10.1. The lowest BCUT2D eigenvalue weighted by Crippen LogP contribution is -2.21. The largest absolute Gasteiger partial charge is 0.493 e. The Morgan fingerprint density at radius 2 is 1.87 bits per heavy atom. The van der Waals surface area contributed by atoms with Crippen molar-refractivity contribution in [3.63, 3.8) is 0 Å². The molecule has 0 aliphatic carbocycles. The maximum atomic E-state index is 12.6. The molecular weight excluding hydrogens is 446 g/mol. The molecule has 6 nitrogen and oxygen atoms in total. The second-order valence-electron chi connectivity index (χ2n) is 6.31. The summed E-state index contributed by atoms with van der Waals surface area (Å²) in [5, 5.41) is 12.3. The standard InChI is InChI=1S/C23H26BrN3O3/c1-5-27(6-2)19-10-8-18(9-11-19)26-23(28)17(15-25)12-16-13-20(24)22(30-7-3)21(14-16)29-4/h8-14H,5-7H2,1-4H3,(H,26,28)/b17-12-. The zero-order valence-corrected chi connectivity index (χ0v) is 19.2. The molecule has 30 heavy (non-hydrogen) atoms. The van der Waals surface area contributed by atoms with Gasteiger partial charge in [-0.05, 0) is 84.7 Å². The third-order valence-corrected chi connectivity index (χ3v) is 5.06. The van der Waals surface area contributed by atoms with Gasteiger partial charge in [-0.15, -0.1) is 0 Å². The van der Waals surface area contributed by atoms with Crippen LogP contribution >= 0.6 is 15.9 Å². The van der Waals surface area contributed by atoms with Gasteiger partial charge in [0.25, 0.3) is 5.91 Å². The van der Waals surface area contributed by atoms with Crippen LogP contribution in [-0.2, 0) is 4.79 Å². The molecule has 0 unspecified atom stereocenters. The van der Waals surface area contributed by atoms with Crippen molar-refractivity contribution < 1.29 is 14.3 Å². The lowest BCUT2D eigenvalue weighted by molar-refractivity contribution is -0.112. The van der Waals surface area contributed by atoms with Crippen molar-refractivity contribution in [3.8, 4) is 17.6 Å². The molecule has 0 heterocycles. The van der Waals surface area contributed by atoms with Crippen molar-refractivity contribution in [1.29, 1.82) is 5.26 Å². The monoisotopic (exact) mass is 471 g/mol. The van der Waals surface area contributed by atoms with Crippen LogP contribution in [-0.4, -0.2) is 32.7 Å².